The summed E-state index contributed by atoms with van der Waals surface area (Å²) in [5, 5.41) is 13.0. The molecule has 1 amide bonds. The van der Waals surface area contributed by atoms with Gasteiger partial charge in [-0.25, -0.2) is 9.97 Å². The topological polar surface area (TPSA) is 101 Å². The van der Waals surface area contributed by atoms with E-state index in [-0.39, 0.29) is 6.10 Å². The van der Waals surface area contributed by atoms with Crippen molar-refractivity contribution in [3.8, 4) is 0 Å². The molecule has 5 rings (SSSR count). The van der Waals surface area contributed by atoms with E-state index in [0.717, 1.165) is 43.7 Å². The summed E-state index contributed by atoms with van der Waals surface area (Å²) in [5.74, 6) is 1.09. The van der Waals surface area contributed by atoms with E-state index in [4.69, 9.17) is 10.7 Å². The Kier molecular flexibility index (Phi) is 3.21. The summed E-state index contributed by atoms with van der Waals surface area (Å²) < 4.78 is 0. The zero-order chi connectivity index (χ0) is 17.2. The van der Waals surface area contributed by atoms with Crippen LogP contribution < -0.4 is 11.1 Å². The average Bonchev–Trinajstić information content (AvgIpc) is 3.43. The number of hydrogen-bond acceptors (Lipinski definition) is 5. The van der Waals surface area contributed by atoms with Gasteiger partial charge in [-0.3, -0.25) is 4.79 Å². The van der Waals surface area contributed by atoms with Crippen molar-refractivity contribution in [2.45, 2.75) is 69.9 Å². The van der Waals surface area contributed by atoms with Gasteiger partial charge in [-0.1, -0.05) is 0 Å². The fourth-order valence-electron chi connectivity index (χ4n) is 5.85. The van der Waals surface area contributed by atoms with Crippen molar-refractivity contribution in [1.82, 2.24) is 9.97 Å². The molecule has 1 aromatic heterocycles. The van der Waals surface area contributed by atoms with Gasteiger partial charge in [-0.05, 0) is 74.5 Å². The van der Waals surface area contributed by atoms with Crippen molar-refractivity contribution in [1.29, 1.82) is 0 Å². The predicted octanol–water partition coefficient (Wildman–Crippen LogP) is 2.02. The lowest BCUT2D eigenvalue weighted by molar-refractivity contribution is 0.0998. The third-order valence-corrected chi connectivity index (χ3v) is 7.46. The Morgan fingerprint density at radius 1 is 1.32 bits per heavy atom. The van der Waals surface area contributed by atoms with E-state index in [1.165, 1.54) is 25.7 Å². The summed E-state index contributed by atoms with van der Waals surface area (Å²) in [7, 11) is 0. The molecule has 4 fully saturated rings. The minimum atomic E-state index is -0.432. The highest BCUT2D eigenvalue weighted by atomic mass is 16.3. The average molecular weight is 342 g/mol. The highest BCUT2D eigenvalue weighted by Gasteiger charge is 2.82. The van der Waals surface area contributed by atoms with Crippen molar-refractivity contribution in [3.63, 3.8) is 0 Å². The van der Waals surface area contributed by atoms with E-state index in [2.05, 4.69) is 10.3 Å². The first kappa shape index (κ1) is 15.6. The molecule has 4 aliphatic carbocycles. The summed E-state index contributed by atoms with van der Waals surface area (Å²) in [5.41, 5.74) is 7.83. The number of carbonyl (C=O) groups excluding carboxylic acids is 1. The minimum absolute atomic E-state index is 0.175. The van der Waals surface area contributed by atoms with Gasteiger partial charge in [-0.15, -0.1) is 0 Å². The summed E-state index contributed by atoms with van der Waals surface area (Å²) in [6.45, 7) is 0. The number of nitrogens with one attached hydrogen (secondary N) is 1. The van der Waals surface area contributed by atoms with E-state index >= 15 is 0 Å². The maximum atomic E-state index is 11.8. The number of hydrogen-bond donors (Lipinski definition) is 3. The fraction of sp³-hybridized carbons (Fsp3) is 0.737. The molecule has 1 spiro atoms. The van der Waals surface area contributed by atoms with Crippen LogP contribution in [0.1, 0.15) is 67.4 Å². The van der Waals surface area contributed by atoms with Gasteiger partial charge < -0.3 is 16.2 Å². The molecule has 4 aliphatic rings. The normalized spacial score (nSPS) is 40.9. The summed E-state index contributed by atoms with van der Waals surface area (Å²) in [6.07, 6.45) is 11.0. The highest BCUT2D eigenvalue weighted by molar-refractivity contribution is 5.93. The van der Waals surface area contributed by atoms with Crippen LogP contribution in [-0.4, -0.2) is 33.1 Å². The van der Waals surface area contributed by atoms with Crippen molar-refractivity contribution >= 4 is 11.9 Å². The molecular weight excluding hydrogens is 316 g/mol. The van der Waals surface area contributed by atoms with Crippen molar-refractivity contribution < 1.29 is 9.90 Å². The van der Waals surface area contributed by atoms with Crippen LogP contribution >= 0.6 is 0 Å². The summed E-state index contributed by atoms with van der Waals surface area (Å²) in [4.78, 5) is 20.9. The van der Waals surface area contributed by atoms with Gasteiger partial charge in [-0.2, -0.15) is 0 Å². The number of carbonyl (C=O) groups is 1. The first-order valence-corrected chi connectivity index (χ1v) is 9.62. The first-order chi connectivity index (χ1) is 12.0. The van der Waals surface area contributed by atoms with E-state index < -0.39 is 5.91 Å². The number of nitrogens with two attached hydrogens (primary N) is 1. The monoisotopic (exact) mass is 342 g/mol. The quantitative estimate of drug-likeness (QED) is 0.760. The van der Waals surface area contributed by atoms with Gasteiger partial charge in [0.25, 0.3) is 5.91 Å². The Hall–Kier alpha value is -1.69. The van der Waals surface area contributed by atoms with E-state index in [0.29, 0.717) is 28.4 Å². The lowest BCUT2D eigenvalue weighted by Gasteiger charge is -2.26. The van der Waals surface area contributed by atoms with Crippen LogP contribution in [0.25, 0.3) is 0 Å². The molecule has 1 aromatic rings. The molecule has 0 bridgehead atoms. The largest absolute Gasteiger partial charge is 0.393 e. The van der Waals surface area contributed by atoms with Gasteiger partial charge in [0.2, 0.25) is 5.95 Å². The van der Waals surface area contributed by atoms with E-state index in [1.54, 1.807) is 6.20 Å². The Bertz CT molecular complexity index is 724. The van der Waals surface area contributed by atoms with Crippen LogP contribution in [0.5, 0.6) is 0 Å². The molecule has 0 aromatic carbocycles. The summed E-state index contributed by atoms with van der Waals surface area (Å²) in [6, 6.07) is 0.292. The van der Waals surface area contributed by atoms with Crippen LogP contribution in [0.15, 0.2) is 6.20 Å². The van der Waals surface area contributed by atoms with E-state index in [9.17, 15) is 9.90 Å². The zero-order valence-corrected chi connectivity index (χ0v) is 14.5. The number of aliphatic hydroxyl groups is 1. The molecular formula is C19H26N4O2. The Balaban J connectivity index is 1.36. The molecule has 4 saturated carbocycles. The lowest BCUT2D eigenvalue weighted by Crippen LogP contribution is -2.29. The second-order valence-electron chi connectivity index (χ2n) is 8.80. The van der Waals surface area contributed by atoms with Gasteiger partial charge in [0.1, 0.15) is 0 Å². The Morgan fingerprint density at radius 2 is 2.12 bits per heavy atom. The van der Waals surface area contributed by atoms with Gasteiger partial charge in [0.15, 0.2) is 0 Å². The number of aromatic nitrogens is 2. The van der Waals surface area contributed by atoms with Crippen LogP contribution in [-0.2, 0) is 6.42 Å². The fourth-order valence-corrected chi connectivity index (χ4v) is 5.85. The SMILES string of the molecule is NC(=O)c1cnc(NC2CCC(O)CC2)nc1CC12CCC3CC31C2. The second kappa shape index (κ2) is 5.16. The number of anilines is 1. The molecule has 1 heterocycles. The molecule has 0 aliphatic heterocycles. The van der Waals surface area contributed by atoms with Crippen molar-refractivity contribution in [3.05, 3.63) is 17.5 Å². The van der Waals surface area contributed by atoms with Crippen LogP contribution in [0.2, 0.25) is 0 Å². The number of primary amides is 1. The molecule has 25 heavy (non-hydrogen) atoms. The first-order valence-electron chi connectivity index (χ1n) is 9.62. The van der Waals surface area contributed by atoms with Gasteiger partial charge in [0, 0.05) is 12.2 Å². The third kappa shape index (κ3) is 2.37. The van der Waals surface area contributed by atoms with Crippen LogP contribution in [0.3, 0.4) is 0 Å². The van der Waals surface area contributed by atoms with Crippen LogP contribution in [0, 0.1) is 16.7 Å². The van der Waals surface area contributed by atoms with Gasteiger partial charge in [0.05, 0.1) is 17.4 Å². The molecule has 4 N–H and O–H groups in total. The Morgan fingerprint density at radius 3 is 2.72 bits per heavy atom. The molecule has 3 unspecified atom stereocenters. The van der Waals surface area contributed by atoms with E-state index in [1.807, 2.05) is 0 Å². The maximum absolute atomic E-state index is 11.8. The molecule has 0 radical (unpaired) electrons. The number of rotatable bonds is 5. The minimum Gasteiger partial charge on any atom is -0.393 e. The Labute approximate surface area is 147 Å². The van der Waals surface area contributed by atoms with Crippen molar-refractivity contribution in [2.75, 3.05) is 5.32 Å². The highest BCUT2D eigenvalue weighted by Crippen LogP contribution is 2.89. The number of nitrogens with zero attached hydrogens (tertiary/aromatic N) is 2. The van der Waals surface area contributed by atoms with Gasteiger partial charge >= 0.3 is 0 Å². The van der Waals surface area contributed by atoms with Crippen LogP contribution in [0.4, 0.5) is 5.95 Å². The van der Waals surface area contributed by atoms with Crippen molar-refractivity contribution in [2.24, 2.45) is 22.5 Å². The third-order valence-electron chi connectivity index (χ3n) is 7.46. The smallest absolute Gasteiger partial charge is 0.252 e. The molecule has 6 heteroatoms. The molecule has 3 atom stereocenters. The number of amides is 1. The molecule has 134 valence electrons. The predicted molar refractivity (Wildman–Crippen MR) is 93.0 cm³/mol. The molecule has 0 saturated heterocycles. The standard InChI is InChI=1S/C19H26N4O2/c20-16(25)14-9-21-17(22-12-1-3-13(24)4-2-12)23-15(14)8-18-6-5-11-7-19(11,18)10-18/h9,11-13,24H,1-8,10H2,(H2,20,25)(H,21,22,23). The number of aliphatic hydroxyl groups excluding tert-OH is 1. The maximum Gasteiger partial charge on any atom is 0.252 e. The summed E-state index contributed by atoms with van der Waals surface area (Å²) >= 11 is 0. The zero-order valence-electron chi connectivity index (χ0n) is 14.5. The molecule has 6 nitrogen and oxygen atoms in total. The second-order valence-corrected chi connectivity index (χ2v) is 8.80. The lowest BCUT2D eigenvalue weighted by atomic mass is 9.92.